The maximum Gasteiger partial charge on any atom is 0.422 e. The zero-order chi connectivity index (χ0) is 13.6. The molecule has 0 aliphatic rings. The predicted octanol–water partition coefficient (Wildman–Crippen LogP) is 3.04. The fourth-order valence-corrected chi connectivity index (χ4v) is 1.36. The summed E-state index contributed by atoms with van der Waals surface area (Å²) in [6.07, 6.45) is -3.20. The fourth-order valence-electron chi connectivity index (χ4n) is 1.36. The molecule has 0 saturated heterocycles. The SMILES string of the molecule is O=C(O)CCCc1ccc(OCC(F)(F)F)cc1. The molecule has 0 aliphatic heterocycles. The molecular formula is C12H13F3O3. The van der Waals surface area contributed by atoms with Crippen molar-refractivity contribution in [3.63, 3.8) is 0 Å². The Hall–Kier alpha value is -1.72. The summed E-state index contributed by atoms with van der Waals surface area (Å²) in [5, 5.41) is 8.46. The highest BCUT2D eigenvalue weighted by Gasteiger charge is 2.28. The molecule has 1 rings (SSSR count). The van der Waals surface area contributed by atoms with Gasteiger partial charge in [-0.3, -0.25) is 4.79 Å². The highest BCUT2D eigenvalue weighted by Crippen LogP contribution is 2.19. The van der Waals surface area contributed by atoms with Gasteiger partial charge in [0.05, 0.1) is 0 Å². The number of halogens is 3. The Kier molecular flexibility index (Phi) is 5.00. The van der Waals surface area contributed by atoms with E-state index in [0.717, 1.165) is 5.56 Å². The normalized spacial score (nSPS) is 11.3. The van der Waals surface area contributed by atoms with Crippen LogP contribution >= 0.6 is 0 Å². The second-order valence-corrected chi connectivity index (χ2v) is 3.80. The van der Waals surface area contributed by atoms with Crippen molar-refractivity contribution in [3.8, 4) is 5.75 Å². The molecule has 3 nitrogen and oxygen atoms in total. The van der Waals surface area contributed by atoms with Crippen LogP contribution in [0.25, 0.3) is 0 Å². The molecule has 1 aromatic rings. The Morgan fingerprint density at radius 3 is 2.33 bits per heavy atom. The second kappa shape index (κ2) is 6.28. The lowest BCUT2D eigenvalue weighted by Crippen LogP contribution is -2.19. The first-order valence-electron chi connectivity index (χ1n) is 5.37. The van der Waals surface area contributed by atoms with E-state index < -0.39 is 18.8 Å². The Morgan fingerprint density at radius 1 is 1.22 bits per heavy atom. The fraction of sp³-hybridized carbons (Fsp3) is 0.417. The van der Waals surface area contributed by atoms with Gasteiger partial charge in [-0.2, -0.15) is 13.2 Å². The monoisotopic (exact) mass is 262 g/mol. The summed E-state index contributed by atoms with van der Waals surface area (Å²) in [4.78, 5) is 10.3. The van der Waals surface area contributed by atoms with Crippen molar-refractivity contribution in [2.75, 3.05) is 6.61 Å². The average molecular weight is 262 g/mol. The first-order valence-corrected chi connectivity index (χ1v) is 5.37. The van der Waals surface area contributed by atoms with Gasteiger partial charge in [0.2, 0.25) is 0 Å². The van der Waals surface area contributed by atoms with Crippen LogP contribution in [0.1, 0.15) is 18.4 Å². The lowest BCUT2D eigenvalue weighted by atomic mass is 10.1. The summed E-state index contributed by atoms with van der Waals surface area (Å²) in [6, 6.07) is 6.16. The van der Waals surface area contributed by atoms with Crippen molar-refractivity contribution in [2.24, 2.45) is 0 Å². The minimum absolute atomic E-state index is 0.0757. The van der Waals surface area contributed by atoms with Gasteiger partial charge >= 0.3 is 12.1 Å². The number of benzene rings is 1. The number of aryl methyl sites for hydroxylation is 1. The lowest BCUT2D eigenvalue weighted by Gasteiger charge is -2.09. The number of hydrogen-bond acceptors (Lipinski definition) is 2. The van der Waals surface area contributed by atoms with Crippen LogP contribution in [0.4, 0.5) is 13.2 Å². The van der Waals surface area contributed by atoms with Crippen LogP contribution in [0.3, 0.4) is 0 Å². The highest BCUT2D eigenvalue weighted by molar-refractivity contribution is 5.66. The summed E-state index contributed by atoms with van der Waals surface area (Å²) in [6.45, 7) is -1.31. The summed E-state index contributed by atoms with van der Waals surface area (Å²) < 4.78 is 40.2. The summed E-state index contributed by atoms with van der Waals surface area (Å²) in [5.41, 5.74) is 0.871. The Bertz CT molecular complexity index is 385. The molecule has 0 atom stereocenters. The molecule has 0 unspecified atom stereocenters. The van der Waals surface area contributed by atoms with Crippen molar-refractivity contribution >= 4 is 5.97 Å². The predicted molar refractivity (Wildman–Crippen MR) is 58.6 cm³/mol. The average Bonchev–Trinajstić information content (AvgIpc) is 2.26. The zero-order valence-electron chi connectivity index (χ0n) is 9.54. The summed E-state index contributed by atoms with van der Waals surface area (Å²) in [5.74, 6) is -0.713. The van der Waals surface area contributed by atoms with Gasteiger partial charge in [-0.15, -0.1) is 0 Å². The van der Waals surface area contributed by atoms with E-state index in [1.807, 2.05) is 0 Å². The molecule has 0 heterocycles. The maximum absolute atomic E-state index is 11.9. The van der Waals surface area contributed by atoms with E-state index in [2.05, 4.69) is 4.74 Å². The van der Waals surface area contributed by atoms with Crippen LogP contribution in [0, 0.1) is 0 Å². The van der Waals surface area contributed by atoms with Crippen molar-refractivity contribution in [1.82, 2.24) is 0 Å². The molecule has 0 bridgehead atoms. The van der Waals surface area contributed by atoms with Crippen LogP contribution in [-0.2, 0) is 11.2 Å². The Morgan fingerprint density at radius 2 is 1.83 bits per heavy atom. The van der Waals surface area contributed by atoms with Gasteiger partial charge in [0.15, 0.2) is 6.61 Å². The molecule has 18 heavy (non-hydrogen) atoms. The van der Waals surface area contributed by atoms with Crippen LogP contribution in [-0.4, -0.2) is 23.9 Å². The van der Waals surface area contributed by atoms with Gasteiger partial charge in [-0.1, -0.05) is 12.1 Å². The number of aliphatic carboxylic acids is 1. The van der Waals surface area contributed by atoms with E-state index in [1.165, 1.54) is 12.1 Å². The highest BCUT2D eigenvalue weighted by atomic mass is 19.4. The molecule has 0 spiro atoms. The third-order valence-electron chi connectivity index (χ3n) is 2.18. The minimum atomic E-state index is -4.35. The molecule has 0 aromatic heterocycles. The molecule has 0 amide bonds. The zero-order valence-corrected chi connectivity index (χ0v) is 9.54. The third kappa shape index (κ3) is 6.12. The molecule has 0 aliphatic carbocycles. The lowest BCUT2D eigenvalue weighted by molar-refractivity contribution is -0.153. The van der Waals surface area contributed by atoms with Gasteiger partial charge in [-0.05, 0) is 30.5 Å². The number of rotatable bonds is 6. The molecule has 1 N–H and O–H groups in total. The Labute approximate surface area is 102 Å². The van der Waals surface area contributed by atoms with E-state index in [1.54, 1.807) is 12.1 Å². The molecular weight excluding hydrogens is 249 g/mol. The van der Waals surface area contributed by atoms with Crippen molar-refractivity contribution in [1.29, 1.82) is 0 Å². The smallest absolute Gasteiger partial charge is 0.422 e. The molecule has 6 heteroatoms. The molecule has 100 valence electrons. The van der Waals surface area contributed by atoms with E-state index in [0.29, 0.717) is 12.8 Å². The van der Waals surface area contributed by atoms with Gasteiger partial charge in [0.25, 0.3) is 0 Å². The number of carboxylic acids is 1. The topological polar surface area (TPSA) is 46.5 Å². The van der Waals surface area contributed by atoms with E-state index in [4.69, 9.17) is 5.11 Å². The number of hydrogen-bond donors (Lipinski definition) is 1. The van der Waals surface area contributed by atoms with E-state index in [-0.39, 0.29) is 12.2 Å². The first kappa shape index (κ1) is 14.3. The number of ether oxygens (including phenoxy) is 1. The second-order valence-electron chi connectivity index (χ2n) is 3.80. The third-order valence-corrected chi connectivity index (χ3v) is 2.18. The number of alkyl halides is 3. The maximum atomic E-state index is 11.9. The van der Waals surface area contributed by atoms with Crippen molar-refractivity contribution in [3.05, 3.63) is 29.8 Å². The van der Waals surface area contributed by atoms with Gasteiger partial charge in [0, 0.05) is 6.42 Å². The van der Waals surface area contributed by atoms with E-state index >= 15 is 0 Å². The van der Waals surface area contributed by atoms with Crippen molar-refractivity contribution in [2.45, 2.75) is 25.4 Å². The van der Waals surface area contributed by atoms with Crippen LogP contribution in [0.5, 0.6) is 5.75 Å². The van der Waals surface area contributed by atoms with Gasteiger partial charge in [0.1, 0.15) is 5.75 Å². The van der Waals surface area contributed by atoms with Crippen molar-refractivity contribution < 1.29 is 27.8 Å². The standard InChI is InChI=1S/C12H13F3O3/c13-12(14,15)8-18-10-6-4-9(5-7-10)2-1-3-11(16)17/h4-7H,1-3,8H2,(H,16,17). The summed E-state index contributed by atoms with van der Waals surface area (Å²) >= 11 is 0. The molecule has 0 saturated carbocycles. The largest absolute Gasteiger partial charge is 0.484 e. The van der Waals surface area contributed by atoms with E-state index in [9.17, 15) is 18.0 Å². The van der Waals surface area contributed by atoms with Crippen LogP contribution in [0.2, 0.25) is 0 Å². The molecule has 1 aromatic carbocycles. The van der Waals surface area contributed by atoms with Crippen LogP contribution < -0.4 is 4.74 Å². The number of carboxylic acid groups (broad SMARTS) is 1. The molecule has 0 radical (unpaired) electrons. The minimum Gasteiger partial charge on any atom is -0.484 e. The van der Waals surface area contributed by atoms with Gasteiger partial charge < -0.3 is 9.84 Å². The van der Waals surface area contributed by atoms with Crippen LogP contribution in [0.15, 0.2) is 24.3 Å². The quantitative estimate of drug-likeness (QED) is 0.857. The summed E-state index contributed by atoms with van der Waals surface area (Å²) in [7, 11) is 0. The molecule has 0 fully saturated rings. The number of carbonyl (C=O) groups is 1. The first-order chi connectivity index (χ1) is 8.37. The van der Waals surface area contributed by atoms with Gasteiger partial charge in [-0.25, -0.2) is 0 Å². The Balaban J connectivity index is 2.40.